The van der Waals surface area contributed by atoms with E-state index in [0.29, 0.717) is 5.82 Å². The maximum Gasteiger partial charge on any atom is 0.224 e. The van der Waals surface area contributed by atoms with Crippen LogP contribution in [-0.4, -0.2) is 27.2 Å². The average Bonchev–Trinajstić information content (AvgIpc) is 2.20. The fraction of sp³-hybridized carbons (Fsp3) is 0.636. The smallest absolute Gasteiger partial charge is 0.224 e. The minimum Gasteiger partial charge on any atom is -0.391 e. The molecule has 0 aliphatic heterocycles. The third-order valence-corrected chi connectivity index (χ3v) is 3.06. The molecule has 1 saturated carbocycles. The standard InChI is InChI=1S/C11H16ClN3O/c1-7-6-10(15-11(12)13-7)14-8-4-2-3-5-9(8)16/h6,8-9,16H,2-5H2,1H3,(H,13,14,15). The number of halogens is 1. The second-order valence-corrected chi connectivity index (χ2v) is 4.60. The molecule has 2 unspecified atom stereocenters. The summed E-state index contributed by atoms with van der Waals surface area (Å²) in [6.07, 6.45) is 3.79. The van der Waals surface area contributed by atoms with Crippen LogP contribution >= 0.6 is 11.6 Å². The topological polar surface area (TPSA) is 58.0 Å². The Bertz CT molecular complexity index is 352. The van der Waals surface area contributed by atoms with Crippen molar-refractivity contribution in [2.45, 2.75) is 44.8 Å². The molecule has 1 aliphatic rings. The lowest BCUT2D eigenvalue weighted by Crippen LogP contribution is -2.36. The number of nitrogens with one attached hydrogen (secondary N) is 1. The van der Waals surface area contributed by atoms with Gasteiger partial charge in [-0.3, -0.25) is 0 Å². The third-order valence-electron chi connectivity index (χ3n) is 2.89. The lowest BCUT2D eigenvalue weighted by Gasteiger charge is -2.28. The number of rotatable bonds is 2. The highest BCUT2D eigenvalue weighted by Crippen LogP contribution is 2.22. The van der Waals surface area contributed by atoms with Gasteiger partial charge in [-0.25, -0.2) is 9.97 Å². The lowest BCUT2D eigenvalue weighted by molar-refractivity contribution is 0.116. The first-order valence-electron chi connectivity index (χ1n) is 5.61. The van der Waals surface area contributed by atoms with Crippen LogP contribution < -0.4 is 5.32 Å². The van der Waals surface area contributed by atoms with Crippen LogP contribution in [0.15, 0.2) is 6.07 Å². The van der Waals surface area contributed by atoms with Crippen molar-refractivity contribution in [1.29, 1.82) is 0 Å². The van der Waals surface area contributed by atoms with Crippen molar-refractivity contribution >= 4 is 17.4 Å². The van der Waals surface area contributed by atoms with Crippen LogP contribution in [-0.2, 0) is 0 Å². The summed E-state index contributed by atoms with van der Waals surface area (Å²) in [5, 5.41) is 13.3. The summed E-state index contributed by atoms with van der Waals surface area (Å²) in [4.78, 5) is 8.09. The molecule has 1 aliphatic carbocycles. The molecule has 88 valence electrons. The maximum atomic E-state index is 9.83. The zero-order valence-electron chi connectivity index (χ0n) is 9.28. The Morgan fingerprint density at radius 1 is 1.38 bits per heavy atom. The van der Waals surface area contributed by atoms with Crippen molar-refractivity contribution in [3.8, 4) is 0 Å². The molecule has 1 fully saturated rings. The lowest BCUT2D eigenvalue weighted by atomic mass is 9.92. The maximum absolute atomic E-state index is 9.83. The number of aliphatic hydroxyl groups is 1. The van der Waals surface area contributed by atoms with Gasteiger partial charge in [-0.2, -0.15) is 0 Å². The first-order valence-corrected chi connectivity index (χ1v) is 5.99. The van der Waals surface area contributed by atoms with Crippen molar-refractivity contribution in [2.24, 2.45) is 0 Å². The molecule has 0 bridgehead atoms. The predicted molar refractivity (Wildman–Crippen MR) is 63.7 cm³/mol. The molecule has 2 atom stereocenters. The summed E-state index contributed by atoms with van der Waals surface area (Å²) < 4.78 is 0. The van der Waals surface area contributed by atoms with E-state index in [4.69, 9.17) is 11.6 Å². The van der Waals surface area contributed by atoms with Crippen molar-refractivity contribution < 1.29 is 5.11 Å². The average molecular weight is 242 g/mol. The summed E-state index contributed by atoms with van der Waals surface area (Å²) in [7, 11) is 0. The monoisotopic (exact) mass is 241 g/mol. The Labute approximate surface area is 100 Å². The number of anilines is 1. The van der Waals surface area contributed by atoms with Gasteiger partial charge < -0.3 is 10.4 Å². The van der Waals surface area contributed by atoms with Gasteiger partial charge in [0.15, 0.2) is 0 Å². The predicted octanol–water partition coefficient (Wildman–Crippen LogP) is 2.15. The van der Waals surface area contributed by atoms with Gasteiger partial charge in [0.1, 0.15) is 5.82 Å². The molecule has 1 heterocycles. The Morgan fingerprint density at radius 3 is 2.81 bits per heavy atom. The summed E-state index contributed by atoms with van der Waals surface area (Å²) in [6.45, 7) is 1.87. The van der Waals surface area contributed by atoms with Crippen LogP contribution in [0, 0.1) is 6.92 Å². The van der Waals surface area contributed by atoms with Gasteiger partial charge >= 0.3 is 0 Å². The zero-order valence-corrected chi connectivity index (χ0v) is 10.0. The number of aryl methyl sites for hydroxylation is 1. The Kier molecular flexibility index (Phi) is 3.61. The first kappa shape index (κ1) is 11.6. The van der Waals surface area contributed by atoms with E-state index in [1.807, 2.05) is 13.0 Å². The van der Waals surface area contributed by atoms with E-state index in [1.165, 1.54) is 0 Å². The second-order valence-electron chi connectivity index (χ2n) is 4.27. The van der Waals surface area contributed by atoms with Crippen LogP contribution in [0.25, 0.3) is 0 Å². The van der Waals surface area contributed by atoms with Gasteiger partial charge in [0.25, 0.3) is 0 Å². The summed E-state index contributed by atoms with van der Waals surface area (Å²) in [6, 6.07) is 1.92. The molecule has 5 heteroatoms. The molecule has 2 N–H and O–H groups in total. The zero-order chi connectivity index (χ0) is 11.5. The molecule has 0 saturated heterocycles. The molecule has 0 radical (unpaired) electrons. The van der Waals surface area contributed by atoms with Crippen molar-refractivity contribution in [3.63, 3.8) is 0 Å². The fourth-order valence-electron chi connectivity index (χ4n) is 2.08. The highest BCUT2D eigenvalue weighted by atomic mass is 35.5. The summed E-state index contributed by atoms with van der Waals surface area (Å²) in [5.74, 6) is 0.698. The van der Waals surface area contributed by atoms with E-state index in [1.54, 1.807) is 0 Å². The quantitative estimate of drug-likeness (QED) is 0.779. The summed E-state index contributed by atoms with van der Waals surface area (Å²) in [5.41, 5.74) is 0.827. The first-order chi connectivity index (χ1) is 7.65. The highest BCUT2D eigenvalue weighted by molar-refractivity contribution is 6.28. The van der Waals surface area contributed by atoms with Crippen LogP contribution in [0.1, 0.15) is 31.4 Å². The van der Waals surface area contributed by atoms with Crippen molar-refractivity contribution in [2.75, 3.05) is 5.32 Å². The van der Waals surface area contributed by atoms with Gasteiger partial charge in [-0.1, -0.05) is 12.8 Å². The number of hydrogen-bond donors (Lipinski definition) is 2. The van der Waals surface area contributed by atoms with E-state index >= 15 is 0 Å². The van der Waals surface area contributed by atoms with Gasteiger partial charge in [0.05, 0.1) is 12.1 Å². The minimum absolute atomic E-state index is 0.0825. The van der Waals surface area contributed by atoms with Crippen molar-refractivity contribution in [1.82, 2.24) is 9.97 Å². The number of aliphatic hydroxyl groups excluding tert-OH is 1. The van der Waals surface area contributed by atoms with E-state index in [0.717, 1.165) is 31.4 Å². The Balaban J connectivity index is 2.07. The van der Waals surface area contributed by atoms with Crippen LogP contribution in [0.2, 0.25) is 5.28 Å². The number of hydrogen-bond acceptors (Lipinski definition) is 4. The van der Waals surface area contributed by atoms with E-state index in [2.05, 4.69) is 15.3 Å². The third kappa shape index (κ3) is 2.83. The molecule has 0 amide bonds. The van der Waals surface area contributed by atoms with Crippen LogP contribution in [0.4, 0.5) is 5.82 Å². The molecule has 0 spiro atoms. The largest absolute Gasteiger partial charge is 0.391 e. The molecule has 2 rings (SSSR count). The van der Waals surface area contributed by atoms with Gasteiger partial charge in [0, 0.05) is 11.8 Å². The van der Waals surface area contributed by atoms with E-state index in [9.17, 15) is 5.11 Å². The molecular weight excluding hydrogens is 226 g/mol. The van der Waals surface area contributed by atoms with E-state index in [-0.39, 0.29) is 17.4 Å². The molecule has 4 nitrogen and oxygen atoms in total. The Morgan fingerprint density at radius 2 is 2.12 bits per heavy atom. The van der Waals surface area contributed by atoms with Crippen LogP contribution in [0.5, 0.6) is 0 Å². The molecule has 16 heavy (non-hydrogen) atoms. The van der Waals surface area contributed by atoms with Gasteiger partial charge in [0.2, 0.25) is 5.28 Å². The normalized spacial score (nSPS) is 25.4. The molecule has 1 aromatic heterocycles. The molecule has 1 aromatic rings. The highest BCUT2D eigenvalue weighted by Gasteiger charge is 2.23. The Hall–Kier alpha value is -0.870. The fourth-order valence-corrected chi connectivity index (χ4v) is 2.30. The van der Waals surface area contributed by atoms with Crippen LogP contribution in [0.3, 0.4) is 0 Å². The summed E-state index contributed by atoms with van der Waals surface area (Å²) >= 11 is 5.78. The molecule has 0 aromatic carbocycles. The van der Waals surface area contributed by atoms with E-state index < -0.39 is 0 Å². The molecular formula is C11H16ClN3O. The minimum atomic E-state index is -0.289. The van der Waals surface area contributed by atoms with Gasteiger partial charge in [-0.15, -0.1) is 0 Å². The second kappa shape index (κ2) is 4.97. The number of aromatic nitrogens is 2. The van der Waals surface area contributed by atoms with Gasteiger partial charge in [-0.05, 0) is 31.4 Å². The van der Waals surface area contributed by atoms with Crippen molar-refractivity contribution in [3.05, 3.63) is 17.0 Å². The SMILES string of the molecule is Cc1cc(NC2CCCCC2O)nc(Cl)n1. The number of nitrogens with zero attached hydrogens (tertiary/aromatic N) is 2.